The van der Waals surface area contributed by atoms with E-state index in [4.69, 9.17) is 0 Å². The van der Waals surface area contributed by atoms with Crippen LogP contribution in [-0.4, -0.2) is 9.97 Å². The molecule has 2 heterocycles. The molecule has 2 aromatic heterocycles. The number of nitrogens with zero attached hydrogens (tertiary/aromatic N) is 2. The third-order valence-electron chi connectivity index (χ3n) is 6.87. The predicted molar refractivity (Wildman–Crippen MR) is 144 cm³/mol. The molecule has 0 amide bonds. The molecule has 1 radical (unpaired) electrons. The molecule has 0 bridgehead atoms. The Morgan fingerprint density at radius 2 is 1.31 bits per heavy atom. The summed E-state index contributed by atoms with van der Waals surface area (Å²) in [6.45, 7) is 4.56. The van der Waals surface area contributed by atoms with Crippen LogP contribution < -0.4 is 0 Å². The molecule has 4 aromatic carbocycles. The van der Waals surface area contributed by atoms with Gasteiger partial charge in [0.25, 0.3) is 0 Å². The summed E-state index contributed by atoms with van der Waals surface area (Å²) in [5, 5.41) is 4.93. The zero-order valence-electron chi connectivity index (χ0n) is 20.1. The van der Waals surface area contributed by atoms with Crippen molar-refractivity contribution in [3.05, 3.63) is 133 Å². The minimum atomic E-state index is 0. The quantitative estimate of drug-likeness (QED) is 0.170. The van der Waals surface area contributed by atoms with Crippen LogP contribution in [-0.2, 0) is 25.5 Å². The Bertz CT molecular complexity index is 1660. The summed E-state index contributed by atoms with van der Waals surface area (Å²) in [5.74, 6) is 0. The molecule has 0 N–H and O–H groups in total. The number of fused-ring (bicyclic) bond motifs is 3. The number of pyridine rings is 2. The van der Waals surface area contributed by atoms with E-state index < -0.39 is 0 Å². The predicted octanol–water partition coefficient (Wildman–Crippen LogP) is 8.04. The zero-order valence-corrected chi connectivity index (χ0v) is 22.5. The average Bonchev–Trinajstić information content (AvgIpc) is 2.92. The number of aromatic nitrogens is 2. The smallest absolute Gasteiger partial charge is 0.0167 e. The van der Waals surface area contributed by atoms with E-state index in [-0.39, 0.29) is 25.5 Å². The van der Waals surface area contributed by atoms with Crippen molar-refractivity contribution >= 4 is 21.5 Å². The minimum absolute atomic E-state index is 0. The van der Waals surface area contributed by atoms with E-state index in [1.54, 1.807) is 0 Å². The van der Waals surface area contributed by atoms with Gasteiger partial charge >= 0.3 is 0 Å². The Kier molecular flexibility index (Phi) is 6.53. The average molecular weight is 641 g/mol. The maximum atomic E-state index is 4.61. The fourth-order valence-electron chi connectivity index (χ4n) is 5.11. The molecule has 0 saturated carbocycles. The second-order valence-electron chi connectivity index (χ2n) is 9.30. The first-order valence-corrected chi connectivity index (χ1v) is 11.9. The van der Waals surface area contributed by atoms with E-state index in [2.05, 4.69) is 84.5 Å². The Hall–Kier alpha value is -3.65. The number of hydrogen-bond donors (Lipinski definition) is 0. The summed E-state index contributed by atoms with van der Waals surface area (Å²) in [4.78, 5) is 9.06. The van der Waals surface area contributed by atoms with Crippen LogP contribution in [0.5, 0.6) is 0 Å². The van der Waals surface area contributed by atoms with Crippen LogP contribution in [0.4, 0.5) is 0 Å². The largest absolute Gasteiger partial charge is 0.304 e. The van der Waals surface area contributed by atoms with Crippen molar-refractivity contribution in [2.24, 2.45) is 0 Å². The molecular formula is C33H24IrN2-2. The van der Waals surface area contributed by atoms with Gasteiger partial charge in [-0.05, 0) is 56.0 Å². The second-order valence-corrected chi connectivity index (χ2v) is 9.30. The SMILES string of the molecule is CC1(C)c2ccc[c-]c2-c2nccc3cccc1c23.[Ir].[c-]1ccccc1-c1nccc2ccccc12. The van der Waals surface area contributed by atoms with Crippen LogP contribution in [0.3, 0.4) is 0 Å². The van der Waals surface area contributed by atoms with Crippen molar-refractivity contribution in [1.29, 1.82) is 0 Å². The van der Waals surface area contributed by atoms with Crippen molar-refractivity contribution in [1.82, 2.24) is 9.97 Å². The van der Waals surface area contributed by atoms with Gasteiger partial charge in [-0.15, -0.1) is 71.3 Å². The monoisotopic (exact) mass is 641 g/mol. The number of hydrogen-bond acceptors (Lipinski definition) is 2. The van der Waals surface area contributed by atoms with Gasteiger partial charge in [-0.25, -0.2) is 0 Å². The van der Waals surface area contributed by atoms with E-state index in [9.17, 15) is 0 Å². The molecule has 36 heavy (non-hydrogen) atoms. The summed E-state index contributed by atoms with van der Waals surface area (Å²) in [6, 6.07) is 39.7. The van der Waals surface area contributed by atoms with E-state index in [1.807, 2.05) is 60.9 Å². The van der Waals surface area contributed by atoms with Crippen LogP contribution in [0.2, 0.25) is 0 Å². The molecular weight excluding hydrogens is 617 g/mol. The first-order valence-electron chi connectivity index (χ1n) is 11.9. The summed E-state index contributed by atoms with van der Waals surface area (Å²) >= 11 is 0. The van der Waals surface area contributed by atoms with Crippen LogP contribution in [0, 0.1) is 12.1 Å². The molecule has 6 aromatic rings. The summed E-state index contributed by atoms with van der Waals surface area (Å²) in [5.41, 5.74) is 6.94. The number of benzene rings is 4. The van der Waals surface area contributed by atoms with Crippen LogP contribution >= 0.6 is 0 Å². The first kappa shape index (κ1) is 24.1. The summed E-state index contributed by atoms with van der Waals surface area (Å²) in [6.07, 6.45) is 3.74. The van der Waals surface area contributed by atoms with Crippen LogP contribution in [0.25, 0.3) is 44.1 Å². The van der Waals surface area contributed by atoms with Gasteiger partial charge in [0.1, 0.15) is 0 Å². The third-order valence-corrected chi connectivity index (χ3v) is 6.87. The zero-order chi connectivity index (χ0) is 23.8. The van der Waals surface area contributed by atoms with Crippen LogP contribution in [0.1, 0.15) is 25.0 Å². The van der Waals surface area contributed by atoms with Crippen molar-refractivity contribution in [3.63, 3.8) is 0 Å². The Morgan fingerprint density at radius 3 is 2.14 bits per heavy atom. The fourth-order valence-corrected chi connectivity index (χ4v) is 5.11. The van der Waals surface area contributed by atoms with Gasteiger partial charge < -0.3 is 9.97 Å². The maximum Gasteiger partial charge on any atom is 0.0167 e. The van der Waals surface area contributed by atoms with Gasteiger partial charge in [-0.1, -0.05) is 56.3 Å². The van der Waals surface area contributed by atoms with E-state index >= 15 is 0 Å². The normalized spacial score (nSPS) is 12.7. The third kappa shape index (κ3) is 4.05. The molecule has 7 rings (SSSR count). The van der Waals surface area contributed by atoms with Crippen LogP contribution in [0.15, 0.2) is 109 Å². The van der Waals surface area contributed by atoms with E-state index in [0.29, 0.717) is 0 Å². The van der Waals surface area contributed by atoms with Gasteiger partial charge in [-0.3, -0.25) is 0 Å². The Labute approximate surface area is 225 Å². The Morgan fingerprint density at radius 1 is 0.611 bits per heavy atom. The van der Waals surface area contributed by atoms with Crippen molar-refractivity contribution in [2.45, 2.75) is 19.3 Å². The minimum Gasteiger partial charge on any atom is -0.304 e. The number of rotatable bonds is 1. The van der Waals surface area contributed by atoms with Gasteiger partial charge in [0, 0.05) is 32.5 Å². The molecule has 1 aliphatic rings. The fraction of sp³-hybridized carbons (Fsp3) is 0.0909. The molecule has 3 heteroatoms. The first-order chi connectivity index (χ1) is 17.1. The van der Waals surface area contributed by atoms with Crippen molar-refractivity contribution < 1.29 is 20.1 Å². The summed E-state index contributed by atoms with van der Waals surface area (Å²) < 4.78 is 0. The standard InChI is InChI=1S/C18H14N.C15H10N.Ir/c1-18(2)14-8-4-3-7-13(14)17-16-12(10-11-19-17)6-5-9-15(16)18;1-2-7-13(8-3-1)15-14-9-5-4-6-12(14)10-11-16-15;/h3-6,8-11H,1-2H3;1-7,9-11H;/q2*-1;. The topological polar surface area (TPSA) is 25.8 Å². The van der Waals surface area contributed by atoms with Crippen molar-refractivity contribution in [3.8, 4) is 22.5 Å². The molecule has 0 saturated heterocycles. The van der Waals surface area contributed by atoms with E-state index in [0.717, 1.165) is 22.5 Å². The van der Waals surface area contributed by atoms with Gasteiger partial charge in [0.15, 0.2) is 0 Å². The van der Waals surface area contributed by atoms with Gasteiger partial charge in [-0.2, -0.15) is 0 Å². The molecule has 1 aliphatic carbocycles. The molecule has 0 aliphatic heterocycles. The maximum absolute atomic E-state index is 4.61. The van der Waals surface area contributed by atoms with Crippen molar-refractivity contribution in [2.75, 3.05) is 0 Å². The molecule has 0 fully saturated rings. The molecule has 2 nitrogen and oxygen atoms in total. The molecule has 0 atom stereocenters. The molecule has 0 spiro atoms. The second kappa shape index (κ2) is 9.78. The van der Waals surface area contributed by atoms with Gasteiger partial charge in [0.2, 0.25) is 0 Å². The summed E-state index contributed by atoms with van der Waals surface area (Å²) in [7, 11) is 0. The molecule has 177 valence electrons. The van der Waals surface area contributed by atoms with Gasteiger partial charge in [0.05, 0.1) is 0 Å². The Balaban J connectivity index is 0.000000146. The van der Waals surface area contributed by atoms with E-state index in [1.165, 1.54) is 32.7 Å². The molecule has 0 unspecified atom stereocenters.